The summed E-state index contributed by atoms with van der Waals surface area (Å²) in [4.78, 5) is 0. The van der Waals surface area contributed by atoms with Gasteiger partial charge in [-0.05, 0) is 23.1 Å². The maximum absolute atomic E-state index is 10.1. The molecule has 0 saturated carbocycles. The molecule has 0 saturated heterocycles. The Morgan fingerprint density at radius 3 is 1.45 bits per heavy atom. The second kappa shape index (κ2) is 6.28. The van der Waals surface area contributed by atoms with Gasteiger partial charge in [0.2, 0.25) is 0 Å². The van der Waals surface area contributed by atoms with Gasteiger partial charge in [0.05, 0.1) is 6.07 Å². The summed E-state index contributed by atoms with van der Waals surface area (Å²) < 4.78 is 0. The summed E-state index contributed by atoms with van der Waals surface area (Å²) in [7, 11) is 0. The summed E-state index contributed by atoms with van der Waals surface area (Å²) in [6, 6.07) is 32.9. The third kappa shape index (κ3) is 2.64. The lowest BCUT2D eigenvalue weighted by molar-refractivity contribution is 0.653. The lowest BCUT2D eigenvalue weighted by atomic mass is 9.71. The average Bonchev–Trinajstić information content (AvgIpc) is 2.62. The number of hydrogen-bond acceptors (Lipinski definition) is 1. The van der Waals surface area contributed by atoms with Gasteiger partial charge in [-0.2, -0.15) is 5.26 Å². The lowest BCUT2D eigenvalue weighted by Crippen LogP contribution is -2.28. The van der Waals surface area contributed by atoms with Gasteiger partial charge < -0.3 is 0 Å². The Morgan fingerprint density at radius 2 is 1.05 bits per heavy atom. The zero-order valence-corrected chi connectivity index (χ0v) is 12.3. The van der Waals surface area contributed by atoms with Crippen molar-refractivity contribution < 1.29 is 0 Å². The Labute approximate surface area is 131 Å². The molecule has 1 heteroatoms. The highest BCUT2D eigenvalue weighted by Crippen LogP contribution is 2.35. The van der Waals surface area contributed by atoms with Crippen LogP contribution in [0.15, 0.2) is 91.0 Å². The summed E-state index contributed by atoms with van der Waals surface area (Å²) in [6.45, 7) is 0. The maximum Gasteiger partial charge on any atom is 0.111 e. The first kappa shape index (κ1) is 14.1. The van der Waals surface area contributed by atoms with Crippen LogP contribution in [0.25, 0.3) is 0 Å². The van der Waals surface area contributed by atoms with Gasteiger partial charge in [-0.1, -0.05) is 91.0 Å². The number of nitriles is 1. The zero-order chi connectivity index (χ0) is 15.3. The van der Waals surface area contributed by atoms with Crippen LogP contribution >= 0.6 is 0 Å². The van der Waals surface area contributed by atoms with Crippen molar-refractivity contribution >= 4 is 0 Å². The van der Waals surface area contributed by atoms with Gasteiger partial charge in [0.25, 0.3) is 0 Å². The molecule has 0 heterocycles. The first-order valence-corrected chi connectivity index (χ1v) is 7.41. The van der Waals surface area contributed by atoms with Crippen molar-refractivity contribution in [2.24, 2.45) is 0 Å². The van der Waals surface area contributed by atoms with E-state index >= 15 is 0 Å². The molecule has 0 aromatic heterocycles. The Morgan fingerprint density at radius 1 is 0.636 bits per heavy atom. The van der Waals surface area contributed by atoms with Crippen molar-refractivity contribution in [2.45, 2.75) is 11.8 Å². The van der Waals surface area contributed by atoms with E-state index in [1.165, 1.54) is 0 Å². The van der Waals surface area contributed by atoms with Crippen LogP contribution in [0.4, 0.5) is 0 Å². The minimum atomic E-state index is -0.663. The summed E-state index contributed by atoms with van der Waals surface area (Å²) >= 11 is 0. The van der Waals surface area contributed by atoms with Crippen molar-refractivity contribution in [3.63, 3.8) is 0 Å². The second-order valence-electron chi connectivity index (χ2n) is 5.41. The van der Waals surface area contributed by atoms with E-state index in [2.05, 4.69) is 18.2 Å². The topological polar surface area (TPSA) is 23.8 Å². The Bertz CT molecular complexity index is 716. The number of nitrogens with zero attached hydrogens (tertiary/aromatic N) is 1. The average molecular weight is 283 g/mol. The summed E-state index contributed by atoms with van der Waals surface area (Å²) in [6.07, 6.45) is 0.665. The Hall–Kier alpha value is -2.85. The normalized spacial score (nSPS) is 10.9. The minimum Gasteiger partial charge on any atom is -0.197 e. The van der Waals surface area contributed by atoms with Crippen LogP contribution in [0.2, 0.25) is 0 Å². The number of rotatable bonds is 4. The van der Waals surface area contributed by atoms with Crippen molar-refractivity contribution in [3.8, 4) is 6.07 Å². The highest BCUT2D eigenvalue weighted by Gasteiger charge is 2.34. The summed E-state index contributed by atoms with van der Waals surface area (Å²) in [5, 5.41) is 10.1. The third-order valence-electron chi connectivity index (χ3n) is 4.04. The molecule has 1 nitrogen and oxygen atoms in total. The van der Waals surface area contributed by atoms with Gasteiger partial charge in [-0.15, -0.1) is 0 Å². The van der Waals surface area contributed by atoms with Crippen LogP contribution in [0.5, 0.6) is 0 Å². The largest absolute Gasteiger partial charge is 0.197 e. The van der Waals surface area contributed by atoms with Crippen LogP contribution in [0.1, 0.15) is 16.7 Å². The zero-order valence-electron chi connectivity index (χ0n) is 12.3. The van der Waals surface area contributed by atoms with E-state index in [9.17, 15) is 5.26 Å². The molecule has 3 aromatic carbocycles. The van der Waals surface area contributed by atoms with Crippen molar-refractivity contribution in [3.05, 3.63) is 108 Å². The fourth-order valence-corrected chi connectivity index (χ4v) is 2.89. The SMILES string of the molecule is N#CC(Cc1ccccc1)(c1ccccc1)c1ccccc1. The van der Waals surface area contributed by atoms with Gasteiger partial charge in [0, 0.05) is 0 Å². The van der Waals surface area contributed by atoms with Gasteiger partial charge in [0.1, 0.15) is 5.41 Å². The van der Waals surface area contributed by atoms with Crippen LogP contribution in [-0.2, 0) is 11.8 Å². The van der Waals surface area contributed by atoms with Crippen molar-refractivity contribution in [2.75, 3.05) is 0 Å². The molecule has 0 aliphatic rings. The van der Waals surface area contributed by atoms with Crippen molar-refractivity contribution in [1.82, 2.24) is 0 Å². The molecule has 0 bridgehead atoms. The molecule has 0 aliphatic heterocycles. The Balaban J connectivity index is 2.16. The fourth-order valence-electron chi connectivity index (χ4n) is 2.89. The van der Waals surface area contributed by atoms with Gasteiger partial charge in [0.15, 0.2) is 0 Å². The molecule has 0 aliphatic carbocycles. The minimum absolute atomic E-state index is 0.663. The quantitative estimate of drug-likeness (QED) is 0.678. The predicted octanol–water partition coefficient (Wildman–Crippen LogP) is 4.74. The summed E-state index contributed by atoms with van der Waals surface area (Å²) in [5.41, 5.74) is 2.57. The first-order valence-electron chi connectivity index (χ1n) is 7.41. The number of benzene rings is 3. The fraction of sp³-hybridized carbons (Fsp3) is 0.0952. The lowest BCUT2D eigenvalue weighted by Gasteiger charge is -2.28. The molecule has 0 unspecified atom stereocenters. The third-order valence-corrected chi connectivity index (χ3v) is 4.04. The highest BCUT2D eigenvalue weighted by atomic mass is 14.4. The standard InChI is InChI=1S/C21H17N/c22-17-21(19-12-6-2-7-13-19,20-14-8-3-9-15-20)16-18-10-4-1-5-11-18/h1-15H,16H2. The van der Waals surface area contributed by atoms with E-state index in [0.29, 0.717) is 6.42 Å². The molecule has 0 atom stereocenters. The molecule has 0 N–H and O–H groups in total. The molecular formula is C21H17N. The van der Waals surface area contributed by atoms with E-state index in [4.69, 9.17) is 0 Å². The highest BCUT2D eigenvalue weighted by molar-refractivity contribution is 5.47. The van der Waals surface area contributed by atoms with E-state index in [0.717, 1.165) is 16.7 Å². The summed E-state index contributed by atoms with van der Waals surface area (Å²) in [5.74, 6) is 0. The first-order chi connectivity index (χ1) is 10.8. The van der Waals surface area contributed by atoms with Gasteiger partial charge in [-0.25, -0.2) is 0 Å². The molecular weight excluding hydrogens is 266 g/mol. The van der Waals surface area contributed by atoms with Gasteiger partial charge >= 0.3 is 0 Å². The molecule has 0 fully saturated rings. The molecule has 0 radical (unpaired) electrons. The molecule has 0 spiro atoms. The van der Waals surface area contributed by atoms with E-state index in [1.807, 2.05) is 78.9 Å². The number of hydrogen-bond donors (Lipinski definition) is 0. The molecule has 0 amide bonds. The second-order valence-corrected chi connectivity index (χ2v) is 5.41. The molecule has 3 aromatic rings. The van der Waals surface area contributed by atoms with E-state index in [-0.39, 0.29) is 0 Å². The van der Waals surface area contributed by atoms with Gasteiger partial charge in [-0.3, -0.25) is 0 Å². The van der Waals surface area contributed by atoms with Crippen molar-refractivity contribution in [1.29, 1.82) is 5.26 Å². The van der Waals surface area contributed by atoms with Crippen LogP contribution in [0, 0.1) is 11.3 Å². The molecule has 106 valence electrons. The van der Waals surface area contributed by atoms with Crippen LogP contribution in [0.3, 0.4) is 0 Å². The van der Waals surface area contributed by atoms with Crippen LogP contribution in [-0.4, -0.2) is 0 Å². The monoisotopic (exact) mass is 283 g/mol. The van der Waals surface area contributed by atoms with E-state index < -0.39 is 5.41 Å². The maximum atomic E-state index is 10.1. The molecule has 22 heavy (non-hydrogen) atoms. The Kier molecular flexibility index (Phi) is 4.03. The predicted molar refractivity (Wildman–Crippen MR) is 89.4 cm³/mol. The van der Waals surface area contributed by atoms with E-state index in [1.54, 1.807) is 0 Å². The van der Waals surface area contributed by atoms with Crippen LogP contribution < -0.4 is 0 Å². The smallest absolute Gasteiger partial charge is 0.111 e. The molecule has 3 rings (SSSR count).